The van der Waals surface area contributed by atoms with Gasteiger partial charge in [0.15, 0.2) is 0 Å². The Hall–Kier alpha value is -0.160. The van der Waals surface area contributed by atoms with Crippen LogP contribution in [0.1, 0.15) is 0 Å². The maximum Gasteiger partial charge on any atom is 0.138 e. The molecule has 1 rings (SSSR count). The zero-order valence-electron chi connectivity index (χ0n) is 6.73. The summed E-state index contributed by atoms with van der Waals surface area (Å²) < 4.78 is 11.0. The molecule has 0 unspecified atom stereocenters. The van der Waals surface area contributed by atoms with Gasteiger partial charge in [0, 0.05) is 0 Å². The molecule has 0 aliphatic rings. The Balaban J connectivity index is 3.20. The van der Waals surface area contributed by atoms with Gasteiger partial charge in [-0.05, 0) is 34.7 Å². The van der Waals surface area contributed by atoms with Gasteiger partial charge in [0.1, 0.15) is 11.5 Å². The fraction of sp³-hybridized carbons (Fsp3) is 0.250. The van der Waals surface area contributed by atoms with E-state index in [0.29, 0.717) is 10.8 Å². The Morgan fingerprint density at radius 1 is 1.17 bits per heavy atom. The van der Waals surface area contributed by atoms with E-state index in [-0.39, 0.29) is 0 Å². The van der Waals surface area contributed by atoms with Crippen molar-refractivity contribution in [3.8, 4) is 11.5 Å². The van der Waals surface area contributed by atoms with Gasteiger partial charge in [0.2, 0.25) is 0 Å². The van der Waals surface area contributed by atoms with Crippen molar-refractivity contribution in [2.24, 2.45) is 0 Å². The first kappa shape index (κ1) is 9.92. The highest BCUT2D eigenvalue weighted by Crippen LogP contribution is 2.35. The van der Waals surface area contributed by atoms with E-state index in [1.165, 1.54) is 0 Å². The highest BCUT2D eigenvalue weighted by atomic mass is 127. The summed E-state index contributed by atoms with van der Waals surface area (Å²) in [5, 5.41) is 0.595. The molecule has 4 heteroatoms. The second-order valence-corrected chi connectivity index (χ2v) is 3.55. The molecule has 0 saturated heterocycles. The molecular weight excluding hydrogens is 290 g/mol. The Morgan fingerprint density at radius 3 is 2.17 bits per heavy atom. The van der Waals surface area contributed by atoms with E-state index in [9.17, 15) is 0 Å². The van der Waals surface area contributed by atoms with Crippen LogP contribution in [0.3, 0.4) is 0 Å². The first-order valence-electron chi connectivity index (χ1n) is 3.26. The van der Waals surface area contributed by atoms with Crippen molar-refractivity contribution in [2.75, 3.05) is 14.2 Å². The van der Waals surface area contributed by atoms with Gasteiger partial charge in [0.05, 0.1) is 22.8 Å². The summed E-state index contributed by atoms with van der Waals surface area (Å²) in [5.41, 5.74) is 0. The largest absolute Gasteiger partial charge is 0.496 e. The number of ether oxygens (including phenoxy) is 2. The predicted molar refractivity (Wildman–Crippen MR) is 57.3 cm³/mol. The third-order valence-corrected chi connectivity index (χ3v) is 3.22. The standard InChI is InChI=1S/C8H8ClIO2/c1-11-5-3-4-6(12-2)8(10)7(5)9/h3-4H,1-2H3. The molecule has 66 valence electrons. The topological polar surface area (TPSA) is 18.5 Å². The van der Waals surface area contributed by atoms with Crippen LogP contribution >= 0.6 is 34.2 Å². The van der Waals surface area contributed by atoms with Crippen molar-refractivity contribution < 1.29 is 9.47 Å². The molecule has 1 aromatic rings. The maximum atomic E-state index is 5.96. The first-order valence-corrected chi connectivity index (χ1v) is 4.72. The van der Waals surface area contributed by atoms with E-state index < -0.39 is 0 Å². The monoisotopic (exact) mass is 298 g/mol. The second-order valence-electron chi connectivity index (χ2n) is 2.10. The number of benzene rings is 1. The van der Waals surface area contributed by atoms with E-state index in [2.05, 4.69) is 22.6 Å². The number of methoxy groups -OCH3 is 2. The molecule has 0 N–H and O–H groups in total. The molecule has 0 aliphatic carbocycles. The van der Waals surface area contributed by atoms with Gasteiger partial charge < -0.3 is 9.47 Å². The molecule has 0 heterocycles. The van der Waals surface area contributed by atoms with Crippen LogP contribution in [0.4, 0.5) is 0 Å². The highest BCUT2D eigenvalue weighted by Gasteiger charge is 2.09. The third kappa shape index (κ3) is 1.77. The molecule has 0 fully saturated rings. The van der Waals surface area contributed by atoms with Crippen molar-refractivity contribution in [2.45, 2.75) is 0 Å². The Bertz CT molecular complexity index is 260. The van der Waals surface area contributed by atoms with Crippen molar-refractivity contribution in [1.82, 2.24) is 0 Å². The first-order chi connectivity index (χ1) is 5.70. The Labute approximate surface area is 90.0 Å². The number of hydrogen-bond donors (Lipinski definition) is 0. The molecule has 0 saturated carbocycles. The van der Waals surface area contributed by atoms with Gasteiger partial charge in [-0.1, -0.05) is 11.6 Å². The lowest BCUT2D eigenvalue weighted by molar-refractivity contribution is 0.401. The summed E-state index contributed by atoms with van der Waals surface area (Å²) in [5.74, 6) is 1.43. The van der Waals surface area contributed by atoms with E-state index >= 15 is 0 Å². The molecule has 0 aliphatic heterocycles. The lowest BCUT2D eigenvalue weighted by Crippen LogP contribution is -1.90. The summed E-state index contributed by atoms with van der Waals surface area (Å²) in [6, 6.07) is 3.61. The minimum absolute atomic E-state index is 0.595. The van der Waals surface area contributed by atoms with Crippen LogP contribution in [-0.2, 0) is 0 Å². The third-order valence-electron chi connectivity index (χ3n) is 1.45. The average Bonchev–Trinajstić information content (AvgIpc) is 2.10. The van der Waals surface area contributed by atoms with E-state index in [1.807, 2.05) is 6.07 Å². The average molecular weight is 299 g/mol. The smallest absolute Gasteiger partial charge is 0.138 e. The normalized spacial score (nSPS) is 9.67. The number of halogens is 2. The molecule has 0 atom stereocenters. The van der Waals surface area contributed by atoms with Crippen LogP contribution in [0.25, 0.3) is 0 Å². The summed E-state index contributed by atoms with van der Waals surface area (Å²) >= 11 is 8.08. The summed E-state index contributed by atoms with van der Waals surface area (Å²) in [6.07, 6.45) is 0. The Kier molecular flexibility index (Phi) is 3.46. The molecule has 0 radical (unpaired) electrons. The van der Waals surface area contributed by atoms with Crippen LogP contribution < -0.4 is 9.47 Å². The number of hydrogen-bond acceptors (Lipinski definition) is 2. The SMILES string of the molecule is COc1ccc(OC)c(I)c1Cl. The molecule has 12 heavy (non-hydrogen) atoms. The lowest BCUT2D eigenvalue weighted by Gasteiger charge is -2.08. The molecule has 1 aromatic carbocycles. The Morgan fingerprint density at radius 2 is 1.67 bits per heavy atom. The van der Waals surface area contributed by atoms with E-state index in [1.54, 1.807) is 20.3 Å². The molecule has 2 nitrogen and oxygen atoms in total. The molecule has 0 bridgehead atoms. The van der Waals surface area contributed by atoms with Crippen molar-refractivity contribution >= 4 is 34.2 Å². The quantitative estimate of drug-likeness (QED) is 0.782. The fourth-order valence-corrected chi connectivity index (χ4v) is 1.73. The van der Waals surface area contributed by atoms with Crippen LogP contribution in [0, 0.1) is 3.57 Å². The van der Waals surface area contributed by atoms with Gasteiger partial charge in [-0.2, -0.15) is 0 Å². The van der Waals surface area contributed by atoms with Crippen molar-refractivity contribution in [1.29, 1.82) is 0 Å². The fourth-order valence-electron chi connectivity index (χ4n) is 0.829. The van der Waals surface area contributed by atoms with Crippen LogP contribution in [0.5, 0.6) is 11.5 Å². The van der Waals surface area contributed by atoms with Gasteiger partial charge >= 0.3 is 0 Å². The molecule has 0 amide bonds. The van der Waals surface area contributed by atoms with E-state index in [4.69, 9.17) is 21.1 Å². The lowest BCUT2D eigenvalue weighted by atomic mass is 10.3. The second kappa shape index (κ2) is 4.18. The zero-order valence-corrected chi connectivity index (χ0v) is 9.64. The highest BCUT2D eigenvalue weighted by molar-refractivity contribution is 14.1. The maximum absolute atomic E-state index is 5.96. The zero-order chi connectivity index (χ0) is 9.14. The summed E-state index contributed by atoms with van der Waals surface area (Å²) in [4.78, 5) is 0. The van der Waals surface area contributed by atoms with Crippen molar-refractivity contribution in [3.63, 3.8) is 0 Å². The van der Waals surface area contributed by atoms with Gasteiger partial charge in [-0.3, -0.25) is 0 Å². The summed E-state index contributed by atoms with van der Waals surface area (Å²) in [7, 11) is 3.20. The van der Waals surface area contributed by atoms with Gasteiger partial charge in [-0.25, -0.2) is 0 Å². The van der Waals surface area contributed by atoms with Crippen molar-refractivity contribution in [3.05, 3.63) is 20.7 Å². The predicted octanol–water partition coefficient (Wildman–Crippen LogP) is 2.96. The summed E-state index contributed by atoms with van der Waals surface area (Å²) in [6.45, 7) is 0. The van der Waals surface area contributed by atoms with Gasteiger partial charge in [-0.15, -0.1) is 0 Å². The molecular formula is C8H8ClIO2. The van der Waals surface area contributed by atoms with Gasteiger partial charge in [0.25, 0.3) is 0 Å². The van der Waals surface area contributed by atoms with Crippen LogP contribution in [0.15, 0.2) is 12.1 Å². The van der Waals surface area contributed by atoms with Crippen LogP contribution in [-0.4, -0.2) is 14.2 Å². The molecule has 0 aromatic heterocycles. The molecule has 0 spiro atoms. The van der Waals surface area contributed by atoms with E-state index in [0.717, 1.165) is 9.32 Å². The van der Waals surface area contributed by atoms with Crippen LogP contribution in [0.2, 0.25) is 5.02 Å². The number of rotatable bonds is 2. The minimum atomic E-state index is 0.595. The minimum Gasteiger partial charge on any atom is -0.496 e.